The van der Waals surface area contributed by atoms with Gasteiger partial charge in [0, 0.05) is 26.2 Å². The average Bonchev–Trinajstić information content (AvgIpc) is 2.67. The van der Waals surface area contributed by atoms with Crippen LogP contribution in [0.3, 0.4) is 0 Å². The smallest absolute Gasteiger partial charge is 0.245 e. The van der Waals surface area contributed by atoms with Crippen LogP contribution in [0, 0.1) is 5.82 Å². The van der Waals surface area contributed by atoms with E-state index in [1.54, 1.807) is 35.2 Å². The standard InChI is InChI=1S/C19H22FN3O3S/c1-22-11-13-23(14-12-22)19(24)18(15-5-3-2-4-6-15)21-27(25,26)17-9-7-16(20)8-10-17/h2-10,18,21H,11-14H2,1H3/t18-/m0/s1. The largest absolute Gasteiger partial charge is 0.338 e. The number of hydrogen-bond acceptors (Lipinski definition) is 4. The van der Waals surface area contributed by atoms with Crippen LogP contribution in [0.2, 0.25) is 0 Å². The van der Waals surface area contributed by atoms with Crippen molar-refractivity contribution in [2.75, 3.05) is 33.2 Å². The summed E-state index contributed by atoms with van der Waals surface area (Å²) in [4.78, 5) is 16.8. The van der Waals surface area contributed by atoms with Gasteiger partial charge in [-0.05, 0) is 36.9 Å². The van der Waals surface area contributed by atoms with Crippen LogP contribution in [0.15, 0.2) is 59.5 Å². The maximum atomic E-state index is 13.1. The fraction of sp³-hybridized carbons (Fsp3) is 0.316. The Labute approximate surface area is 158 Å². The Kier molecular flexibility index (Phi) is 5.88. The summed E-state index contributed by atoms with van der Waals surface area (Å²) < 4.78 is 41.1. The Morgan fingerprint density at radius 2 is 1.59 bits per heavy atom. The lowest BCUT2D eigenvalue weighted by molar-refractivity contribution is -0.134. The monoisotopic (exact) mass is 391 g/mol. The molecule has 1 fully saturated rings. The van der Waals surface area contributed by atoms with E-state index in [4.69, 9.17) is 0 Å². The first-order valence-electron chi connectivity index (χ1n) is 8.67. The summed E-state index contributed by atoms with van der Waals surface area (Å²) in [6, 6.07) is 12.2. The number of nitrogens with zero attached hydrogens (tertiary/aromatic N) is 2. The Bertz CT molecular complexity index is 880. The summed E-state index contributed by atoms with van der Waals surface area (Å²) in [6.07, 6.45) is 0. The molecule has 2 aromatic carbocycles. The third-order valence-electron chi connectivity index (χ3n) is 4.59. The van der Waals surface area contributed by atoms with E-state index in [1.165, 1.54) is 12.1 Å². The number of carbonyl (C=O) groups excluding carboxylic acids is 1. The molecule has 1 atom stereocenters. The van der Waals surface area contributed by atoms with Crippen molar-refractivity contribution in [1.82, 2.24) is 14.5 Å². The van der Waals surface area contributed by atoms with Crippen LogP contribution in [0.5, 0.6) is 0 Å². The fourth-order valence-corrected chi connectivity index (χ4v) is 4.13. The molecule has 0 aromatic heterocycles. The Morgan fingerprint density at radius 3 is 2.19 bits per heavy atom. The van der Waals surface area contributed by atoms with Gasteiger partial charge in [0.1, 0.15) is 11.9 Å². The molecular formula is C19H22FN3O3S. The predicted octanol–water partition coefficient (Wildman–Crippen LogP) is 1.62. The molecule has 1 aliphatic rings. The first-order chi connectivity index (χ1) is 12.9. The van der Waals surface area contributed by atoms with E-state index in [2.05, 4.69) is 9.62 Å². The number of hydrogen-bond donors (Lipinski definition) is 1. The Balaban J connectivity index is 1.88. The van der Waals surface area contributed by atoms with Crippen LogP contribution in [0.1, 0.15) is 11.6 Å². The van der Waals surface area contributed by atoms with Crippen LogP contribution in [-0.2, 0) is 14.8 Å². The Morgan fingerprint density at radius 1 is 1.00 bits per heavy atom. The topological polar surface area (TPSA) is 69.7 Å². The number of sulfonamides is 1. The maximum Gasteiger partial charge on any atom is 0.245 e. The highest BCUT2D eigenvalue weighted by molar-refractivity contribution is 7.89. The quantitative estimate of drug-likeness (QED) is 0.841. The molecule has 0 unspecified atom stereocenters. The summed E-state index contributed by atoms with van der Waals surface area (Å²) in [7, 11) is -2.01. The first-order valence-corrected chi connectivity index (χ1v) is 10.2. The van der Waals surface area contributed by atoms with E-state index in [9.17, 15) is 17.6 Å². The molecule has 0 aliphatic carbocycles. The number of rotatable bonds is 5. The highest BCUT2D eigenvalue weighted by Crippen LogP contribution is 2.21. The molecule has 1 saturated heterocycles. The molecule has 8 heteroatoms. The second-order valence-electron chi connectivity index (χ2n) is 6.55. The fourth-order valence-electron chi connectivity index (χ4n) is 2.95. The lowest BCUT2D eigenvalue weighted by Crippen LogP contribution is -2.51. The third kappa shape index (κ3) is 4.71. The molecule has 0 saturated carbocycles. The minimum Gasteiger partial charge on any atom is -0.338 e. The number of likely N-dealkylation sites (N-methyl/N-ethyl adjacent to an activating group) is 1. The van der Waals surface area contributed by atoms with Gasteiger partial charge in [-0.2, -0.15) is 4.72 Å². The molecule has 1 aliphatic heterocycles. The van der Waals surface area contributed by atoms with E-state index in [0.717, 1.165) is 25.2 Å². The summed E-state index contributed by atoms with van der Waals surface area (Å²) >= 11 is 0. The second-order valence-corrected chi connectivity index (χ2v) is 8.26. The van der Waals surface area contributed by atoms with Crippen LogP contribution < -0.4 is 4.72 Å². The molecule has 1 heterocycles. The zero-order valence-corrected chi connectivity index (χ0v) is 15.8. The van der Waals surface area contributed by atoms with Crippen molar-refractivity contribution in [2.45, 2.75) is 10.9 Å². The van der Waals surface area contributed by atoms with Gasteiger partial charge in [0.15, 0.2) is 0 Å². The predicted molar refractivity (Wildman–Crippen MR) is 100.0 cm³/mol. The van der Waals surface area contributed by atoms with E-state index in [0.29, 0.717) is 18.7 Å². The summed E-state index contributed by atoms with van der Waals surface area (Å²) in [5.41, 5.74) is 0.562. The highest BCUT2D eigenvalue weighted by atomic mass is 32.2. The van der Waals surface area contributed by atoms with E-state index in [-0.39, 0.29) is 10.8 Å². The van der Waals surface area contributed by atoms with Crippen LogP contribution in [0.25, 0.3) is 0 Å². The van der Waals surface area contributed by atoms with Crippen molar-refractivity contribution in [2.24, 2.45) is 0 Å². The lowest BCUT2D eigenvalue weighted by atomic mass is 10.1. The minimum atomic E-state index is -3.99. The number of amides is 1. The highest BCUT2D eigenvalue weighted by Gasteiger charge is 2.31. The Hall–Kier alpha value is -2.29. The van der Waals surface area contributed by atoms with Gasteiger partial charge >= 0.3 is 0 Å². The summed E-state index contributed by atoms with van der Waals surface area (Å²) in [5, 5.41) is 0. The van der Waals surface area contributed by atoms with Gasteiger partial charge < -0.3 is 9.80 Å². The molecular weight excluding hydrogens is 369 g/mol. The molecule has 144 valence electrons. The first kappa shape index (κ1) is 19.5. The van der Waals surface area contributed by atoms with Gasteiger partial charge in [-0.25, -0.2) is 12.8 Å². The SMILES string of the molecule is CN1CCN(C(=O)[C@@H](NS(=O)(=O)c2ccc(F)cc2)c2ccccc2)CC1. The van der Waals surface area contributed by atoms with Crippen molar-refractivity contribution in [3.8, 4) is 0 Å². The van der Waals surface area contributed by atoms with Gasteiger partial charge in [0.2, 0.25) is 15.9 Å². The van der Waals surface area contributed by atoms with Crippen molar-refractivity contribution in [3.63, 3.8) is 0 Å². The normalized spacial score (nSPS) is 16.9. The zero-order valence-electron chi connectivity index (χ0n) is 15.0. The third-order valence-corrected chi connectivity index (χ3v) is 6.03. The van der Waals surface area contributed by atoms with E-state index in [1.807, 2.05) is 7.05 Å². The van der Waals surface area contributed by atoms with Gasteiger partial charge in [-0.15, -0.1) is 0 Å². The number of benzene rings is 2. The van der Waals surface area contributed by atoms with Gasteiger partial charge in [0.05, 0.1) is 4.90 Å². The second kappa shape index (κ2) is 8.16. The molecule has 1 amide bonds. The van der Waals surface area contributed by atoms with Gasteiger partial charge in [0.25, 0.3) is 0 Å². The van der Waals surface area contributed by atoms with Crippen molar-refractivity contribution in [1.29, 1.82) is 0 Å². The summed E-state index contributed by atoms with van der Waals surface area (Å²) in [5.74, 6) is -0.818. The van der Waals surface area contributed by atoms with Crippen molar-refractivity contribution >= 4 is 15.9 Å². The van der Waals surface area contributed by atoms with Crippen LogP contribution in [-0.4, -0.2) is 57.4 Å². The van der Waals surface area contributed by atoms with E-state index < -0.39 is 21.9 Å². The maximum absolute atomic E-state index is 13.1. The van der Waals surface area contributed by atoms with E-state index >= 15 is 0 Å². The number of nitrogens with one attached hydrogen (secondary N) is 1. The number of halogens is 1. The summed E-state index contributed by atoms with van der Waals surface area (Å²) in [6.45, 7) is 2.55. The van der Waals surface area contributed by atoms with Crippen molar-refractivity contribution < 1.29 is 17.6 Å². The van der Waals surface area contributed by atoms with Crippen LogP contribution in [0.4, 0.5) is 4.39 Å². The molecule has 0 bridgehead atoms. The molecule has 6 nitrogen and oxygen atoms in total. The molecule has 3 rings (SSSR count). The lowest BCUT2D eigenvalue weighted by Gasteiger charge is -2.34. The molecule has 2 aromatic rings. The molecule has 27 heavy (non-hydrogen) atoms. The van der Waals surface area contributed by atoms with Gasteiger partial charge in [-0.1, -0.05) is 30.3 Å². The van der Waals surface area contributed by atoms with Gasteiger partial charge in [-0.3, -0.25) is 4.79 Å². The van der Waals surface area contributed by atoms with Crippen LogP contribution >= 0.6 is 0 Å². The molecule has 1 N–H and O–H groups in total. The minimum absolute atomic E-state index is 0.0870. The number of carbonyl (C=O) groups is 1. The number of piperazine rings is 1. The average molecular weight is 391 g/mol. The molecule has 0 spiro atoms. The zero-order chi connectivity index (χ0) is 19.4. The molecule has 0 radical (unpaired) electrons. The van der Waals surface area contributed by atoms with Crippen molar-refractivity contribution in [3.05, 3.63) is 66.0 Å².